The molecule has 0 bridgehead atoms. The zero-order valence-corrected chi connectivity index (χ0v) is 19.6. The normalized spacial score (nSPS) is 11.4. The molecule has 0 aliphatic rings. The van der Waals surface area contributed by atoms with E-state index in [-0.39, 0.29) is 17.3 Å². The number of rotatable bonds is 6. The number of alkyl halides is 2. The number of nitrogens with one attached hydrogen (secondary N) is 1. The monoisotopic (exact) mass is 481 g/mol. The van der Waals surface area contributed by atoms with Crippen LogP contribution in [-0.2, 0) is 12.3 Å². The Hall–Kier alpha value is -2.74. The Kier molecular flexibility index (Phi) is 7.03. The van der Waals surface area contributed by atoms with Crippen molar-refractivity contribution in [3.05, 3.63) is 70.0 Å². The van der Waals surface area contributed by atoms with Crippen molar-refractivity contribution in [3.8, 4) is 11.4 Å². The Morgan fingerprint density at radius 2 is 2.03 bits per heavy atom. The van der Waals surface area contributed by atoms with Crippen LogP contribution in [0, 0.1) is 13.8 Å². The van der Waals surface area contributed by atoms with E-state index in [0.717, 1.165) is 16.1 Å². The Morgan fingerprint density at radius 1 is 1.31 bits per heavy atom. The number of amides is 2. The Morgan fingerprint density at radius 3 is 2.62 bits per heavy atom. The lowest BCUT2D eigenvalue weighted by atomic mass is 10.1. The molecule has 3 N–H and O–H groups in total. The fourth-order valence-corrected chi connectivity index (χ4v) is 3.37. The van der Waals surface area contributed by atoms with Crippen LogP contribution in [0.15, 0.2) is 42.5 Å². The van der Waals surface area contributed by atoms with Gasteiger partial charge in [0.15, 0.2) is 0 Å². The second kappa shape index (κ2) is 9.40. The van der Waals surface area contributed by atoms with Crippen LogP contribution < -0.4 is 15.9 Å². The van der Waals surface area contributed by atoms with E-state index in [4.69, 9.17) is 22.2 Å². The minimum absolute atomic E-state index is 0.139. The molecule has 0 saturated heterocycles. The maximum absolute atomic E-state index is 13.6. The van der Waals surface area contributed by atoms with Gasteiger partial charge in [-0.2, -0.15) is 13.9 Å². The molecule has 0 aliphatic carbocycles. The van der Waals surface area contributed by atoms with Crippen LogP contribution in [-0.4, -0.2) is 27.9 Å². The van der Waals surface area contributed by atoms with Crippen molar-refractivity contribution in [1.82, 2.24) is 14.8 Å². The molecule has 2 amide bonds. The lowest BCUT2D eigenvalue weighted by Gasteiger charge is -2.17. The van der Waals surface area contributed by atoms with Gasteiger partial charge in [0.25, 0.3) is 0 Å². The van der Waals surface area contributed by atoms with Crippen LogP contribution in [0.1, 0.15) is 22.5 Å². The summed E-state index contributed by atoms with van der Waals surface area (Å²) < 4.78 is 34.4. The second-order valence-electron chi connectivity index (χ2n) is 7.25. The van der Waals surface area contributed by atoms with Gasteiger partial charge in [0, 0.05) is 24.0 Å². The van der Waals surface area contributed by atoms with Crippen molar-refractivity contribution in [2.75, 3.05) is 12.4 Å². The average Bonchev–Trinajstić information content (AvgIpc) is 3.10. The lowest BCUT2D eigenvalue weighted by Crippen LogP contribution is -2.37. The zero-order valence-electron chi connectivity index (χ0n) is 17.7. The number of carbonyl (C=O) groups is 1. The van der Waals surface area contributed by atoms with Crippen molar-refractivity contribution in [2.24, 2.45) is 5.84 Å². The molecule has 1 unspecified atom stereocenters. The van der Waals surface area contributed by atoms with Gasteiger partial charge < -0.3 is 10.1 Å². The molecular formula is C21H23ClF2N5O2P. The highest BCUT2D eigenvalue weighted by Crippen LogP contribution is 2.35. The van der Waals surface area contributed by atoms with Crippen molar-refractivity contribution in [3.63, 3.8) is 0 Å². The number of hydrogen-bond donors (Lipinski definition) is 2. The van der Waals surface area contributed by atoms with E-state index in [1.54, 1.807) is 31.2 Å². The number of urea groups is 1. The van der Waals surface area contributed by atoms with Gasteiger partial charge in [-0.3, -0.25) is 5.01 Å². The second-order valence-corrected chi connectivity index (χ2v) is 8.38. The van der Waals surface area contributed by atoms with Gasteiger partial charge in [-0.15, -0.1) is 0 Å². The summed E-state index contributed by atoms with van der Waals surface area (Å²) in [5.41, 5.74) is -0.173. The number of nitrogens with two attached hydrogens (primary N) is 1. The van der Waals surface area contributed by atoms with Gasteiger partial charge in [0.2, 0.25) is 0 Å². The van der Waals surface area contributed by atoms with E-state index < -0.39 is 11.7 Å². The number of anilines is 1. The molecule has 1 heterocycles. The van der Waals surface area contributed by atoms with E-state index in [2.05, 4.69) is 10.4 Å². The van der Waals surface area contributed by atoms with E-state index in [1.807, 2.05) is 19.1 Å². The maximum Gasteiger partial charge on any atom is 0.335 e. The third-order valence-corrected chi connectivity index (χ3v) is 5.32. The number of aromatic nitrogens is 2. The Balaban J connectivity index is 1.81. The van der Waals surface area contributed by atoms with Crippen LogP contribution in [0.3, 0.4) is 0 Å². The van der Waals surface area contributed by atoms with Crippen LogP contribution in [0.25, 0.3) is 5.69 Å². The number of ether oxygens (including phenoxy) is 1. The Labute approximate surface area is 191 Å². The smallest absolute Gasteiger partial charge is 0.335 e. The summed E-state index contributed by atoms with van der Waals surface area (Å²) in [6.45, 7) is 3.71. The molecule has 0 fully saturated rings. The molecular weight excluding hydrogens is 459 g/mol. The van der Waals surface area contributed by atoms with Crippen LogP contribution in [0.2, 0.25) is 5.02 Å². The highest BCUT2D eigenvalue weighted by molar-refractivity contribution is 7.17. The largest absolute Gasteiger partial charge is 0.487 e. The minimum Gasteiger partial charge on any atom is -0.487 e. The molecule has 3 aromatic rings. The predicted molar refractivity (Wildman–Crippen MR) is 123 cm³/mol. The molecule has 0 spiro atoms. The van der Waals surface area contributed by atoms with Crippen LogP contribution in [0.4, 0.5) is 19.3 Å². The average molecular weight is 482 g/mol. The van der Waals surface area contributed by atoms with E-state index in [1.165, 1.54) is 27.0 Å². The molecule has 32 heavy (non-hydrogen) atoms. The molecule has 2 aromatic carbocycles. The molecule has 170 valence electrons. The number of halogens is 3. The molecule has 11 heteroatoms. The third-order valence-electron chi connectivity index (χ3n) is 4.73. The van der Waals surface area contributed by atoms with Crippen molar-refractivity contribution < 1.29 is 18.3 Å². The zero-order chi connectivity index (χ0) is 23.6. The summed E-state index contributed by atoms with van der Waals surface area (Å²) in [5, 5.41) is 7.93. The number of hydrogen-bond acceptors (Lipinski definition) is 4. The summed E-state index contributed by atoms with van der Waals surface area (Å²) in [6, 6.07) is 11.2. The molecule has 1 aromatic heterocycles. The van der Waals surface area contributed by atoms with Crippen LogP contribution in [0.5, 0.6) is 5.75 Å². The predicted octanol–water partition coefficient (Wildman–Crippen LogP) is 4.98. The Bertz CT molecular complexity index is 1150. The number of nitrogens with zero attached hydrogens (tertiary/aromatic N) is 3. The molecule has 1 atom stereocenters. The standard InChI is InChI=1S/C21H23ClF2N5O2P/c1-12-5-4-6-17(26-20(30)28(3)25)15(12)11-31-18-8-7-14(10-16(18)22)29-13(2)9-19(27-29)21(23,24)32/h4-10H,11,25,32H2,1-3H3,(H,26,30). The molecule has 3 rings (SSSR count). The van der Waals surface area contributed by atoms with Gasteiger partial charge in [0.1, 0.15) is 18.1 Å². The fourth-order valence-electron chi connectivity index (χ4n) is 3.00. The number of carbonyl (C=O) groups excluding carboxylic acids is 1. The maximum atomic E-state index is 13.6. The van der Waals surface area contributed by atoms with Crippen LogP contribution >= 0.6 is 20.8 Å². The summed E-state index contributed by atoms with van der Waals surface area (Å²) in [6.07, 6.45) is 0. The first-order chi connectivity index (χ1) is 15.0. The first kappa shape index (κ1) is 23.9. The summed E-state index contributed by atoms with van der Waals surface area (Å²) >= 11 is 6.39. The van der Waals surface area contributed by atoms with Gasteiger partial charge in [-0.25, -0.2) is 15.3 Å². The van der Waals surface area contributed by atoms with E-state index >= 15 is 0 Å². The summed E-state index contributed by atoms with van der Waals surface area (Å²) in [4.78, 5) is 11.9. The quantitative estimate of drug-likeness (QED) is 0.225. The van der Waals surface area contributed by atoms with Gasteiger partial charge in [-0.1, -0.05) is 33.0 Å². The van der Waals surface area contributed by atoms with Crippen molar-refractivity contribution in [2.45, 2.75) is 26.1 Å². The molecule has 0 saturated carbocycles. The van der Waals surface area contributed by atoms with Gasteiger partial charge in [-0.05, 0) is 49.7 Å². The number of benzene rings is 2. The summed E-state index contributed by atoms with van der Waals surface area (Å²) in [5.74, 6) is 5.87. The first-order valence-electron chi connectivity index (χ1n) is 9.52. The lowest BCUT2D eigenvalue weighted by molar-refractivity contribution is 0.0981. The van der Waals surface area contributed by atoms with Crippen molar-refractivity contribution >= 4 is 32.6 Å². The molecule has 0 radical (unpaired) electrons. The minimum atomic E-state index is -3.12. The first-order valence-corrected chi connectivity index (χ1v) is 10.5. The SMILES string of the molecule is Cc1cccc(NC(=O)N(C)N)c1COc1ccc(-n2nc(C(F)(F)P)cc2C)cc1Cl. The van der Waals surface area contributed by atoms with E-state index in [9.17, 15) is 13.6 Å². The highest BCUT2D eigenvalue weighted by Gasteiger charge is 2.29. The number of aryl methyl sites for hydroxylation is 2. The topological polar surface area (TPSA) is 85.4 Å². The molecule has 0 aliphatic heterocycles. The fraction of sp³-hybridized carbons (Fsp3) is 0.238. The van der Waals surface area contributed by atoms with Gasteiger partial charge >= 0.3 is 11.7 Å². The highest BCUT2D eigenvalue weighted by atomic mass is 35.5. The summed E-state index contributed by atoms with van der Waals surface area (Å²) in [7, 11) is 2.91. The molecule has 7 nitrogen and oxygen atoms in total. The number of hydrazine groups is 1. The third kappa shape index (κ3) is 5.35. The van der Waals surface area contributed by atoms with E-state index in [0.29, 0.717) is 22.8 Å². The van der Waals surface area contributed by atoms with Crippen molar-refractivity contribution in [1.29, 1.82) is 0 Å². The van der Waals surface area contributed by atoms with Gasteiger partial charge in [0.05, 0.1) is 10.7 Å².